The van der Waals surface area contributed by atoms with Crippen LogP contribution in [0.3, 0.4) is 0 Å². The molecule has 37 heavy (non-hydrogen) atoms. The fourth-order valence-electron chi connectivity index (χ4n) is 6.10. The molecule has 0 spiro atoms. The molecule has 0 unspecified atom stereocenters. The Balaban J connectivity index is 1.80. The van der Waals surface area contributed by atoms with E-state index in [1.807, 2.05) is 0 Å². The van der Waals surface area contributed by atoms with Gasteiger partial charge >= 0.3 is 0 Å². The first-order chi connectivity index (χ1) is 18.0. The van der Waals surface area contributed by atoms with Crippen LogP contribution in [0.15, 0.2) is 103 Å². The highest BCUT2D eigenvalue weighted by atomic mass is 14.2. The first kappa shape index (κ1) is 23.3. The second-order valence-electron chi connectivity index (χ2n) is 10.3. The predicted molar refractivity (Wildman–Crippen MR) is 161 cm³/mol. The summed E-state index contributed by atoms with van der Waals surface area (Å²) in [4.78, 5) is 0. The Morgan fingerprint density at radius 3 is 1.22 bits per heavy atom. The van der Waals surface area contributed by atoms with Crippen LogP contribution in [0.1, 0.15) is 27.8 Å². The van der Waals surface area contributed by atoms with E-state index in [0.29, 0.717) is 0 Å². The highest BCUT2D eigenvalue weighted by Crippen LogP contribution is 2.45. The summed E-state index contributed by atoms with van der Waals surface area (Å²) in [7, 11) is 0. The number of hydrogen-bond acceptors (Lipinski definition) is 0. The number of rotatable bonds is 3. The van der Waals surface area contributed by atoms with Crippen LogP contribution in [0.2, 0.25) is 0 Å². The lowest BCUT2D eigenvalue weighted by atomic mass is 9.82. The van der Waals surface area contributed by atoms with Crippen molar-refractivity contribution in [2.24, 2.45) is 0 Å². The zero-order valence-corrected chi connectivity index (χ0v) is 22.3. The Labute approximate surface area is 220 Å². The van der Waals surface area contributed by atoms with Crippen molar-refractivity contribution in [3.05, 3.63) is 131 Å². The second-order valence-corrected chi connectivity index (χ2v) is 10.3. The average Bonchev–Trinajstić information content (AvgIpc) is 2.94. The maximum atomic E-state index is 2.44. The molecule has 0 atom stereocenters. The standard InChI is InChI=1S/C37H32/c1-23-24(2)26(4)35(27(5)25(23)3)30-20-21-33-34(22-30)37(29-16-10-7-11-17-29)32-19-13-12-18-31(32)36(33)28-14-8-6-9-15-28/h6-22H,1-5H3. The number of benzene rings is 6. The van der Waals surface area contributed by atoms with Crippen molar-refractivity contribution < 1.29 is 0 Å². The van der Waals surface area contributed by atoms with Crippen LogP contribution in [0, 0.1) is 34.6 Å². The van der Waals surface area contributed by atoms with Crippen LogP contribution in [-0.2, 0) is 0 Å². The largest absolute Gasteiger partial charge is 0.0622 e. The van der Waals surface area contributed by atoms with Gasteiger partial charge in [0.05, 0.1) is 0 Å². The summed E-state index contributed by atoms with van der Waals surface area (Å²) in [6.45, 7) is 11.3. The predicted octanol–water partition coefficient (Wildman–Crippen LogP) is 10.5. The quantitative estimate of drug-likeness (QED) is 0.223. The third kappa shape index (κ3) is 3.67. The van der Waals surface area contributed by atoms with Gasteiger partial charge in [0.1, 0.15) is 0 Å². The van der Waals surface area contributed by atoms with E-state index < -0.39 is 0 Å². The summed E-state index contributed by atoms with van der Waals surface area (Å²) in [5.74, 6) is 0. The van der Waals surface area contributed by atoms with Gasteiger partial charge in [-0.05, 0) is 123 Å². The van der Waals surface area contributed by atoms with E-state index in [1.54, 1.807) is 0 Å². The van der Waals surface area contributed by atoms with Crippen molar-refractivity contribution >= 4 is 21.5 Å². The summed E-state index contributed by atoms with van der Waals surface area (Å²) < 4.78 is 0. The summed E-state index contributed by atoms with van der Waals surface area (Å²) >= 11 is 0. The van der Waals surface area contributed by atoms with Crippen molar-refractivity contribution in [3.8, 4) is 33.4 Å². The SMILES string of the molecule is Cc1c(C)c(C)c(-c2ccc3c(-c4ccccc4)c4ccccc4c(-c4ccccc4)c3c2)c(C)c1C. The topological polar surface area (TPSA) is 0 Å². The van der Waals surface area contributed by atoms with E-state index >= 15 is 0 Å². The molecule has 0 aliphatic rings. The van der Waals surface area contributed by atoms with Gasteiger partial charge in [0.2, 0.25) is 0 Å². The highest BCUT2D eigenvalue weighted by molar-refractivity contribution is 6.22. The molecule has 0 amide bonds. The maximum absolute atomic E-state index is 2.44. The van der Waals surface area contributed by atoms with Crippen molar-refractivity contribution in [1.82, 2.24) is 0 Å². The van der Waals surface area contributed by atoms with Crippen molar-refractivity contribution in [2.45, 2.75) is 34.6 Å². The van der Waals surface area contributed by atoms with E-state index in [4.69, 9.17) is 0 Å². The average molecular weight is 477 g/mol. The maximum Gasteiger partial charge on any atom is -0.00262 e. The summed E-state index contributed by atoms with van der Waals surface area (Å²) in [5.41, 5.74) is 14.7. The van der Waals surface area contributed by atoms with E-state index in [2.05, 4.69) is 138 Å². The van der Waals surface area contributed by atoms with Crippen molar-refractivity contribution in [1.29, 1.82) is 0 Å². The van der Waals surface area contributed by atoms with Gasteiger partial charge in [0.25, 0.3) is 0 Å². The van der Waals surface area contributed by atoms with Gasteiger partial charge in [0, 0.05) is 0 Å². The molecular formula is C37H32. The van der Waals surface area contributed by atoms with Crippen molar-refractivity contribution in [2.75, 3.05) is 0 Å². The zero-order chi connectivity index (χ0) is 25.7. The van der Waals surface area contributed by atoms with Crippen LogP contribution in [-0.4, -0.2) is 0 Å². The number of fused-ring (bicyclic) bond motifs is 2. The Hall–Kier alpha value is -4.16. The molecule has 0 heterocycles. The first-order valence-corrected chi connectivity index (χ1v) is 13.1. The van der Waals surface area contributed by atoms with Gasteiger partial charge < -0.3 is 0 Å². The molecule has 0 N–H and O–H groups in total. The Morgan fingerprint density at radius 2 is 0.703 bits per heavy atom. The van der Waals surface area contributed by atoms with E-state index in [1.165, 1.54) is 82.7 Å². The summed E-state index contributed by atoms with van der Waals surface area (Å²) in [6, 6.07) is 37.7. The monoisotopic (exact) mass is 476 g/mol. The molecule has 6 aromatic carbocycles. The minimum absolute atomic E-state index is 1.25. The molecule has 0 aliphatic carbocycles. The van der Waals surface area contributed by atoms with E-state index in [-0.39, 0.29) is 0 Å². The van der Waals surface area contributed by atoms with E-state index in [9.17, 15) is 0 Å². The third-order valence-electron chi connectivity index (χ3n) is 8.44. The molecule has 6 aromatic rings. The Bertz CT molecular complexity index is 1760. The van der Waals surface area contributed by atoms with Gasteiger partial charge in [-0.2, -0.15) is 0 Å². The lowest BCUT2D eigenvalue weighted by Crippen LogP contribution is -2.00. The van der Waals surface area contributed by atoms with Crippen LogP contribution in [0.25, 0.3) is 54.9 Å². The molecular weight excluding hydrogens is 444 g/mol. The minimum Gasteiger partial charge on any atom is -0.0622 e. The Kier molecular flexibility index (Phi) is 5.69. The lowest BCUT2D eigenvalue weighted by Gasteiger charge is -2.21. The molecule has 6 rings (SSSR count). The molecule has 0 saturated heterocycles. The van der Waals surface area contributed by atoms with E-state index in [0.717, 1.165) is 0 Å². The normalized spacial score (nSPS) is 11.4. The molecule has 0 aliphatic heterocycles. The van der Waals surface area contributed by atoms with Crippen LogP contribution in [0.4, 0.5) is 0 Å². The zero-order valence-electron chi connectivity index (χ0n) is 22.3. The minimum atomic E-state index is 1.25. The lowest BCUT2D eigenvalue weighted by molar-refractivity contribution is 1.18. The molecule has 0 fully saturated rings. The second kappa shape index (κ2) is 9.05. The number of hydrogen-bond donors (Lipinski definition) is 0. The van der Waals surface area contributed by atoms with Gasteiger partial charge in [-0.1, -0.05) is 97.1 Å². The van der Waals surface area contributed by atoms with Gasteiger partial charge in [-0.3, -0.25) is 0 Å². The van der Waals surface area contributed by atoms with Crippen molar-refractivity contribution in [3.63, 3.8) is 0 Å². The van der Waals surface area contributed by atoms with Gasteiger partial charge in [-0.25, -0.2) is 0 Å². The van der Waals surface area contributed by atoms with Crippen LogP contribution >= 0.6 is 0 Å². The van der Waals surface area contributed by atoms with Gasteiger partial charge in [0.15, 0.2) is 0 Å². The molecule has 0 saturated carbocycles. The van der Waals surface area contributed by atoms with Crippen LogP contribution < -0.4 is 0 Å². The molecule has 0 bridgehead atoms. The fraction of sp³-hybridized carbons (Fsp3) is 0.135. The summed E-state index contributed by atoms with van der Waals surface area (Å²) in [5, 5.41) is 5.18. The first-order valence-electron chi connectivity index (χ1n) is 13.1. The fourth-order valence-corrected chi connectivity index (χ4v) is 6.10. The molecule has 0 aromatic heterocycles. The Morgan fingerprint density at radius 1 is 0.297 bits per heavy atom. The molecule has 0 heteroatoms. The molecule has 180 valence electrons. The molecule has 0 nitrogen and oxygen atoms in total. The highest BCUT2D eigenvalue weighted by Gasteiger charge is 2.19. The smallest absolute Gasteiger partial charge is 0.00262 e. The van der Waals surface area contributed by atoms with Crippen LogP contribution in [0.5, 0.6) is 0 Å². The third-order valence-corrected chi connectivity index (χ3v) is 8.44. The molecule has 0 radical (unpaired) electrons. The van der Waals surface area contributed by atoms with Gasteiger partial charge in [-0.15, -0.1) is 0 Å². The summed E-state index contributed by atoms with van der Waals surface area (Å²) in [6.07, 6.45) is 0.